The second-order valence-electron chi connectivity index (χ2n) is 5.49. The van der Waals surface area contributed by atoms with Crippen LogP contribution in [-0.2, 0) is 13.0 Å². The molecule has 0 saturated carbocycles. The molecular weight excluding hydrogens is 208 g/mol. The molecule has 2 heteroatoms. The first kappa shape index (κ1) is 12.6. The van der Waals surface area contributed by atoms with E-state index in [9.17, 15) is 0 Å². The molecule has 1 fully saturated rings. The van der Waals surface area contributed by atoms with Gasteiger partial charge in [-0.05, 0) is 36.4 Å². The zero-order chi connectivity index (χ0) is 12.1. The van der Waals surface area contributed by atoms with Crippen molar-refractivity contribution in [2.45, 2.75) is 39.3 Å². The lowest BCUT2D eigenvalue weighted by atomic mass is 10.0. The molecule has 1 aromatic rings. The van der Waals surface area contributed by atoms with Crippen molar-refractivity contribution in [3.05, 3.63) is 35.4 Å². The lowest BCUT2D eigenvalue weighted by molar-refractivity contribution is 0.547. The van der Waals surface area contributed by atoms with Crippen molar-refractivity contribution in [2.75, 3.05) is 13.1 Å². The van der Waals surface area contributed by atoms with Crippen LogP contribution in [-0.4, -0.2) is 19.1 Å². The van der Waals surface area contributed by atoms with Gasteiger partial charge in [0.1, 0.15) is 0 Å². The average Bonchev–Trinajstić information content (AvgIpc) is 2.80. The molecule has 0 radical (unpaired) electrons. The molecule has 17 heavy (non-hydrogen) atoms. The van der Waals surface area contributed by atoms with Crippen molar-refractivity contribution < 1.29 is 0 Å². The minimum Gasteiger partial charge on any atom is -0.315 e. The minimum absolute atomic E-state index is 0.658. The zero-order valence-electron chi connectivity index (χ0n) is 11.0. The van der Waals surface area contributed by atoms with Crippen molar-refractivity contribution in [2.24, 2.45) is 5.92 Å². The van der Waals surface area contributed by atoms with Gasteiger partial charge in [0.15, 0.2) is 0 Å². The van der Waals surface area contributed by atoms with Gasteiger partial charge in [-0.2, -0.15) is 0 Å². The first-order chi connectivity index (χ1) is 8.24. The summed E-state index contributed by atoms with van der Waals surface area (Å²) in [7, 11) is 0. The molecule has 1 unspecified atom stereocenters. The lowest BCUT2D eigenvalue weighted by Gasteiger charge is -2.11. The van der Waals surface area contributed by atoms with E-state index < -0.39 is 0 Å². The van der Waals surface area contributed by atoms with Crippen molar-refractivity contribution in [1.82, 2.24) is 10.6 Å². The maximum absolute atomic E-state index is 3.60. The molecule has 0 bridgehead atoms. The third-order valence-corrected chi connectivity index (χ3v) is 3.32. The Morgan fingerprint density at radius 1 is 1.24 bits per heavy atom. The summed E-state index contributed by atoms with van der Waals surface area (Å²) in [5.41, 5.74) is 2.84. The molecule has 1 atom stereocenters. The Balaban J connectivity index is 1.80. The number of hydrogen-bond acceptors (Lipinski definition) is 2. The Hall–Kier alpha value is -0.860. The molecule has 1 heterocycles. The standard InChI is InChI=1S/C15H24N2/c1-12(2)9-13-3-5-14(6-4-13)10-17-15-7-8-16-11-15/h3-6,12,15-17H,7-11H2,1-2H3. The highest BCUT2D eigenvalue weighted by atomic mass is 15.0. The van der Waals surface area contributed by atoms with E-state index in [0.717, 1.165) is 25.6 Å². The molecule has 0 aliphatic carbocycles. The quantitative estimate of drug-likeness (QED) is 0.814. The summed E-state index contributed by atoms with van der Waals surface area (Å²) >= 11 is 0. The summed E-state index contributed by atoms with van der Waals surface area (Å²) in [5.74, 6) is 0.739. The Bertz CT molecular complexity index is 323. The molecule has 1 aromatic carbocycles. The summed E-state index contributed by atoms with van der Waals surface area (Å²) in [6.45, 7) is 7.80. The summed E-state index contributed by atoms with van der Waals surface area (Å²) in [4.78, 5) is 0. The number of benzene rings is 1. The van der Waals surface area contributed by atoms with Gasteiger partial charge in [-0.25, -0.2) is 0 Å². The lowest BCUT2D eigenvalue weighted by Crippen LogP contribution is -2.30. The Kier molecular flexibility index (Phi) is 4.57. The normalized spacial score (nSPS) is 20.1. The van der Waals surface area contributed by atoms with Crippen molar-refractivity contribution in [3.63, 3.8) is 0 Å². The van der Waals surface area contributed by atoms with Crippen LogP contribution in [0.4, 0.5) is 0 Å². The van der Waals surface area contributed by atoms with Crippen molar-refractivity contribution in [1.29, 1.82) is 0 Å². The Morgan fingerprint density at radius 2 is 1.94 bits per heavy atom. The van der Waals surface area contributed by atoms with Crippen LogP contribution in [0, 0.1) is 5.92 Å². The van der Waals surface area contributed by atoms with Crippen LogP contribution in [0.3, 0.4) is 0 Å². The van der Waals surface area contributed by atoms with Gasteiger partial charge in [-0.3, -0.25) is 0 Å². The topological polar surface area (TPSA) is 24.1 Å². The van der Waals surface area contributed by atoms with Crippen molar-refractivity contribution in [3.8, 4) is 0 Å². The van der Waals surface area contributed by atoms with E-state index in [0.29, 0.717) is 6.04 Å². The molecular formula is C15H24N2. The first-order valence-corrected chi connectivity index (χ1v) is 6.76. The van der Waals surface area contributed by atoms with Crippen LogP contribution < -0.4 is 10.6 Å². The fourth-order valence-corrected chi connectivity index (χ4v) is 2.36. The van der Waals surface area contributed by atoms with Gasteiger partial charge in [-0.1, -0.05) is 38.1 Å². The van der Waals surface area contributed by atoms with E-state index in [4.69, 9.17) is 0 Å². The smallest absolute Gasteiger partial charge is 0.0208 e. The fourth-order valence-electron chi connectivity index (χ4n) is 2.36. The fraction of sp³-hybridized carbons (Fsp3) is 0.600. The summed E-state index contributed by atoms with van der Waals surface area (Å²) in [6, 6.07) is 9.71. The molecule has 0 aromatic heterocycles. The van der Waals surface area contributed by atoms with Gasteiger partial charge in [0.2, 0.25) is 0 Å². The van der Waals surface area contributed by atoms with E-state index in [2.05, 4.69) is 48.7 Å². The number of nitrogens with one attached hydrogen (secondary N) is 2. The van der Waals surface area contributed by atoms with E-state index in [-0.39, 0.29) is 0 Å². The predicted molar refractivity (Wildman–Crippen MR) is 73.1 cm³/mol. The summed E-state index contributed by atoms with van der Waals surface area (Å²) in [6.07, 6.45) is 2.44. The van der Waals surface area contributed by atoms with Gasteiger partial charge in [-0.15, -0.1) is 0 Å². The third-order valence-electron chi connectivity index (χ3n) is 3.32. The van der Waals surface area contributed by atoms with E-state index in [1.54, 1.807) is 0 Å². The highest BCUT2D eigenvalue weighted by Gasteiger charge is 2.12. The largest absolute Gasteiger partial charge is 0.315 e. The van der Waals surface area contributed by atoms with E-state index in [1.807, 2.05) is 0 Å². The van der Waals surface area contributed by atoms with Gasteiger partial charge in [0.05, 0.1) is 0 Å². The highest BCUT2D eigenvalue weighted by Crippen LogP contribution is 2.10. The second kappa shape index (κ2) is 6.18. The molecule has 94 valence electrons. The van der Waals surface area contributed by atoms with Gasteiger partial charge in [0, 0.05) is 19.1 Å². The molecule has 1 aliphatic heterocycles. The summed E-state index contributed by atoms with van der Waals surface area (Å²) in [5, 5.41) is 6.97. The van der Waals surface area contributed by atoms with Gasteiger partial charge >= 0.3 is 0 Å². The van der Waals surface area contributed by atoms with E-state index >= 15 is 0 Å². The average molecular weight is 232 g/mol. The molecule has 2 rings (SSSR count). The third kappa shape index (κ3) is 4.14. The molecule has 1 aliphatic rings. The minimum atomic E-state index is 0.658. The van der Waals surface area contributed by atoms with Crippen LogP contribution in [0.1, 0.15) is 31.4 Å². The van der Waals surface area contributed by atoms with Crippen LogP contribution >= 0.6 is 0 Å². The Morgan fingerprint density at radius 3 is 2.53 bits per heavy atom. The van der Waals surface area contributed by atoms with Crippen LogP contribution in [0.5, 0.6) is 0 Å². The zero-order valence-corrected chi connectivity index (χ0v) is 11.0. The van der Waals surface area contributed by atoms with Crippen LogP contribution in [0.15, 0.2) is 24.3 Å². The monoisotopic (exact) mass is 232 g/mol. The van der Waals surface area contributed by atoms with Gasteiger partial charge < -0.3 is 10.6 Å². The SMILES string of the molecule is CC(C)Cc1ccc(CNC2CCNC2)cc1. The van der Waals surface area contributed by atoms with Crippen LogP contribution in [0.25, 0.3) is 0 Å². The second-order valence-corrected chi connectivity index (χ2v) is 5.49. The maximum Gasteiger partial charge on any atom is 0.0208 e. The molecule has 2 N–H and O–H groups in total. The van der Waals surface area contributed by atoms with Crippen molar-refractivity contribution >= 4 is 0 Å². The summed E-state index contributed by atoms with van der Waals surface area (Å²) < 4.78 is 0. The first-order valence-electron chi connectivity index (χ1n) is 6.76. The number of rotatable bonds is 5. The highest BCUT2D eigenvalue weighted by molar-refractivity contribution is 5.22. The predicted octanol–water partition coefficient (Wildman–Crippen LogP) is 2.34. The van der Waals surface area contributed by atoms with Crippen LogP contribution in [0.2, 0.25) is 0 Å². The molecule has 0 spiro atoms. The molecule has 0 amide bonds. The molecule has 2 nitrogen and oxygen atoms in total. The maximum atomic E-state index is 3.60. The Labute approximate surface area is 105 Å². The molecule has 1 saturated heterocycles. The number of hydrogen-bond donors (Lipinski definition) is 2. The van der Waals surface area contributed by atoms with Gasteiger partial charge in [0.25, 0.3) is 0 Å². The van der Waals surface area contributed by atoms with E-state index in [1.165, 1.54) is 24.0 Å².